The number of aliphatic hydroxyl groups is 1. The maximum absolute atomic E-state index is 12.1. The molecule has 0 saturated heterocycles. The van der Waals surface area contributed by atoms with Gasteiger partial charge in [-0.3, -0.25) is 4.79 Å². The molecule has 32 heavy (non-hydrogen) atoms. The molecule has 0 amide bonds. The first-order chi connectivity index (χ1) is 15.1. The van der Waals surface area contributed by atoms with Crippen molar-refractivity contribution in [2.75, 3.05) is 6.61 Å². The number of rotatable bonds is 6. The maximum atomic E-state index is 12.1. The van der Waals surface area contributed by atoms with E-state index in [0.29, 0.717) is 0 Å². The number of carbonyl (C=O) groups is 2. The van der Waals surface area contributed by atoms with Gasteiger partial charge in [-0.25, -0.2) is 4.79 Å². The van der Waals surface area contributed by atoms with E-state index >= 15 is 0 Å². The third kappa shape index (κ3) is 6.33. The molecule has 0 fully saturated rings. The van der Waals surface area contributed by atoms with Gasteiger partial charge in [-0.05, 0) is 17.6 Å². The van der Waals surface area contributed by atoms with Gasteiger partial charge in [0.25, 0.3) is 0 Å². The van der Waals surface area contributed by atoms with E-state index < -0.39 is 44.4 Å². The predicted octanol–water partition coefficient (Wildman–Crippen LogP) is 2.51. The third-order valence-corrected chi connectivity index (χ3v) is 5.63. The van der Waals surface area contributed by atoms with E-state index in [2.05, 4.69) is 31.1 Å². The molecule has 7 nitrogen and oxygen atoms in total. The number of ether oxygens (including phenoxy) is 4. The van der Waals surface area contributed by atoms with Crippen LogP contribution in [-0.2, 0) is 35.1 Å². The predicted molar refractivity (Wildman–Crippen MR) is 120 cm³/mol. The van der Waals surface area contributed by atoms with Crippen molar-refractivity contribution in [1.82, 2.24) is 0 Å². The second-order valence-corrected chi connectivity index (χ2v) is 13.4. The number of cyclic esters (lactones) is 1. The largest absolute Gasteiger partial charge is 0.477 e. The molecule has 1 aromatic rings. The lowest BCUT2D eigenvalue weighted by atomic mass is 9.94. The summed E-state index contributed by atoms with van der Waals surface area (Å²) in [5.74, 6) is 2.15. The first-order valence-electron chi connectivity index (χ1n) is 10.4. The lowest BCUT2D eigenvalue weighted by Gasteiger charge is -2.37. The summed E-state index contributed by atoms with van der Waals surface area (Å²) in [6.45, 7) is 7.84. The molecule has 2 heterocycles. The monoisotopic (exact) mass is 456 g/mol. The standard InChI is InChI=1S/C24H28O7Si/c1-16(25)30-20-14-18(11-13-32(2,3)4)31-23(21(26)19-10-12-28-24(19)27)22(20)29-15-17-8-6-5-7-9-17/h5-10,14,20-23,26H,12,15H2,1-4H3/t20-,21+,22+,23-/m1/s1. The third-order valence-electron chi connectivity index (χ3n) is 4.76. The maximum Gasteiger partial charge on any atom is 0.336 e. The highest BCUT2D eigenvalue weighted by atomic mass is 28.3. The molecule has 0 saturated carbocycles. The molecule has 2 aliphatic rings. The zero-order chi connectivity index (χ0) is 23.3. The van der Waals surface area contributed by atoms with Gasteiger partial charge in [0, 0.05) is 13.0 Å². The fourth-order valence-electron chi connectivity index (χ4n) is 3.29. The summed E-state index contributed by atoms with van der Waals surface area (Å²) < 4.78 is 22.5. The highest BCUT2D eigenvalue weighted by Gasteiger charge is 2.45. The molecule has 170 valence electrons. The fraction of sp³-hybridized carbons (Fsp3) is 0.417. The summed E-state index contributed by atoms with van der Waals surface area (Å²) in [5.41, 5.74) is 4.19. The van der Waals surface area contributed by atoms with Gasteiger partial charge in [-0.1, -0.05) is 50.0 Å². The number of hydrogen-bond donors (Lipinski definition) is 1. The fourth-order valence-corrected chi connectivity index (χ4v) is 3.79. The summed E-state index contributed by atoms with van der Waals surface area (Å²) in [5, 5.41) is 11.0. The Morgan fingerprint density at radius 1 is 1.28 bits per heavy atom. The minimum atomic E-state index is -1.73. The van der Waals surface area contributed by atoms with Gasteiger partial charge < -0.3 is 24.1 Å². The van der Waals surface area contributed by atoms with Gasteiger partial charge in [0.2, 0.25) is 0 Å². The van der Waals surface area contributed by atoms with Gasteiger partial charge in [-0.15, -0.1) is 5.54 Å². The van der Waals surface area contributed by atoms with Gasteiger partial charge in [-0.2, -0.15) is 0 Å². The minimum absolute atomic E-state index is 0.0823. The Hall–Kier alpha value is -2.86. The summed E-state index contributed by atoms with van der Waals surface area (Å²) in [6, 6.07) is 9.46. The lowest BCUT2D eigenvalue weighted by molar-refractivity contribution is -0.172. The number of allylic oxidation sites excluding steroid dienone is 1. The van der Waals surface area contributed by atoms with Crippen LogP contribution in [0.5, 0.6) is 0 Å². The van der Waals surface area contributed by atoms with Crippen LogP contribution in [-0.4, -0.2) is 56.1 Å². The number of aliphatic hydroxyl groups excluding tert-OH is 1. The number of carbonyl (C=O) groups excluding carboxylic acids is 2. The minimum Gasteiger partial charge on any atom is -0.477 e. The van der Waals surface area contributed by atoms with Crippen LogP contribution in [0.15, 0.2) is 53.8 Å². The van der Waals surface area contributed by atoms with E-state index in [9.17, 15) is 14.7 Å². The van der Waals surface area contributed by atoms with Gasteiger partial charge in [0.15, 0.2) is 18.0 Å². The van der Waals surface area contributed by atoms with Crippen molar-refractivity contribution in [2.45, 2.75) is 57.6 Å². The Balaban J connectivity index is 1.95. The van der Waals surface area contributed by atoms with E-state index in [4.69, 9.17) is 18.9 Å². The van der Waals surface area contributed by atoms with Crippen molar-refractivity contribution in [1.29, 1.82) is 0 Å². The second-order valence-electron chi connectivity index (χ2n) is 8.65. The Morgan fingerprint density at radius 3 is 2.59 bits per heavy atom. The summed E-state index contributed by atoms with van der Waals surface area (Å²) in [6.07, 6.45) is -1.00. The van der Waals surface area contributed by atoms with E-state index in [1.54, 1.807) is 6.08 Å². The molecule has 0 bridgehead atoms. The van der Waals surface area contributed by atoms with Crippen LogP contribution in [0.2, 0.25) is 19.6 Å². The first-order valence-corrected chi connectivity index (χ1v) is 13.9. The van der Waals surface area contributed by atoms with Crippen molar-refractivity contribution >= 4 is 20.0 Å². The quantitative estimate of drug-likeness (QED) is 0.400. The summed E-state index contributed by atoms with van der Waals surface area (Å²) in [4.78, 5) is 23.9. The molecule has 2 aliphatic heterocycles. The average Bonchev–Trinajstić information content (AvgIpc) is 3.16. The molecule has 8 heteroatoms. The summed E-state index contributed by atoms with van der Waals surface area (Å²) >= 11 is 0. The van der Waals surface area contributed by atoms with Gasteiger partial charge >= 0.3 is 11.9 Å². The van der Waals surface area contributed by atoms with Crippen LogP contribution < -0.4 is 0 Å². The number of esters is 2. The normalized spacial score (nSPS) is 23.7. The molecular formula is C24H28O7Si. The first kappa shape index (κ1) is 23.8. The SMILES string of the molecule is CC(=O)O[C@@H]1C=C(C#C[Si](C)(C)C)O[C@H]([C@@H](O)C2=CCOC2=O)[C@H]1OCc1ccccc1. The highest BCUT2D eigenvalue weighted by Crippen LogP contribution is 2.30. The van der Waals surface area contributed by atoms with Crippen LogP contribution in [0.25, 0.3) is 0 Å². The second kappa shape index (κ2) is 10.2. The molecule has 0 aromatic heterocycles. The summed E-state index contributed by atoms with van der Waals surface area (Å²) in [7, 11) is -1.73. The lowest BCUT2D eigenvalue weighted by Crippen LogP contribution is -2.51. The topological polar surface area (TPSA) is 91.3 Å². The van der Waals surface area contributed by atoms with Crippen molar-refractivity contribution in [3.05, 3.63) is 59.4 Å². The van der Waals surface area contributed by atoms with Crippen molar-refractivity contribution in [2.24, 2.45) is 0 Å². The van der Waals surface area contributed by atoms with Crippen LogP contribution in [0.1, 0.15) is 12.5 Å². The van der Waals surface area contributed by atoms with Crippen LogP contribution >= 0.6 is 0 Å². The molecular weight excluding hydrogens is 428 g/mol. The van der Waals surface area contributed by atoms with E-state index in [-0.39, 0.29) is 24.5 Å². The zero-order valence-electron chi connectivity index (χ0n) is 18.7. The molecule has 3 rings (SSSR count). The molecule has 0 radical (unpaired) electrons. The van der Waals surface area contributed by atoms with Crippen LogP contribution in [0.3, 0.4) is 0 Å². The van der Waals surface area contributed by atoms with Crippen molar-refractivity contribution < 1.29 is 33.6 Å². The molecule has 0 spiro atoms. The average molecular weight is 457 g/mol. The van der Waals surface area contributed by atoms with Crippen LogP contribution in [0.4, 0.5) is 0 Å². The van der Waals surface area contributed by atoms with Crippen LogP contribution in [0, 0.1) is 11.5 Å². The van der Waals surface area contributed by atoms with E-state index in [1.165, 1.54) is 13.0 Å². The Morgan fingerprint density at radius 2 is 2.00 bits per heavy atom. The Labute approximate surface area is 189 Å². The Bertz CT molecular complexity index is 966. The highest BCUT2D eigenvalue weighted by molar-refractivity contribution is 6.83. The molecule has 0 aliphatic carbocycles. The number of benzene rings is 1. The van der Waals surface area contributed by atoms with Gasteiger partial charge in [0.05, 0.1) is 12.2 Å². The molecule has 0 unspecified atom stereocenters. The molecule has 1 aromatic carbocycles. The van der Waals surface area contributed by atoms with Crippen molar-refractivity contribution in [3.8, 4) is 11.5 Å². The van der Waals surface area contributed by atoms with Crippen molar-refractivity contribution in [3.63, 3.8) is 0 Å². The number of hydrogen-bond acceptors (Lipinski definition) is 7. The van der Waals surface area contributed by atoms with E-state index in [0.717, 1.165) is 5.56 Å². The molecule has 1 N–H and O–H groups in total. The van der Waals surface area contributed by atoms with Gasteiger partial charge in [0.1, 0.15) is 26.9 Å². The smallest absolute Gasteiger partial charge is 0.336 e. The van der Waals surface area contributed by atoms with E-state index in [1.807, 2.05) is 30.3 Å². The molecule has 4 atom stereocenters. The Kier molecular flexibility index (Phi) is 7.56. The zero-order valence-corrected chi connectivity index (χ0v) is 19.7.